The van der Waals surface area contributed by atoms with E-state index >= 15 is 0 Å². The lowest BCUT2D eigenvalue weighted by Crippen LogP contribution is -2.15. The van der Waals surface area contributed by atoms with Gasteiger partial charge in [0.25, 0.3) is 0 Å². The van der Waals surface area contributed by atoms with E-state index in [0.29, 0.717) is 0 Å². The van der Waals surface area contributed by atoms with Crippen molar-refractivity contribution >= 4 is 11.8 Å². The average Bonchev–Trinajstić information content (AvgIpc) is 2.17. The summed E-state index contributed by atoms with van der Waals surface area (Å²) in [7, 11) is 4.19. The maximum atomic E-state index is 5.92. The van der Waals surface area contributed by atoms with Gasteiger partial charge in [-0.2, -0.15) is 0 Å². The van der Waals surface area contributed by atoms with Crippen LogP contribution in [0.3, 0.4) is 0 Å². The number of thioether (sulfide) groups is 1. The van der Waals surface area contributed by atoms with Crippen LogP contribution in [-0.2, 0) is 0 Å². The molecule has 0 bridgehead atoms. The molecule has 1 unspecified atom stereocenters. The molecule has 84 valence electrons. The predicted molar refractivity (Wildman–Crippen MR) is 68.3 cm³/mol. The molecule has 2 N–H and O–H groups in total. The quantitative estimate of drug-likeness (QED) is 0.779. The highest BCUT2D eigenvalue weighted by atomic mass is 32.2. The van der Waals surface area contributed by atoms with Crippen molar-refractivity contribution in [2.75, 3.05) is 26.4 Å². The predicted octanol–water partition coefficient (Wildman–Crippen LogP) is 2.36. The molecule has 0 aliphatic heterocycles. The molecular weight excluding hydrogens is 204 g/mol. The Bertz CT molecular complexity index is 297. The number of benzene rings is 1. The molecule has 1 rings (SSSR count). The summed E-state index contributed by atoms with van der Waals surface area (Å²) in [5.74, 6) is 1.11. The topological polar surface area (TPSA) is 29.3 Å². The Morgan fingerprint density at radius 1 is 1.33 bits per heavy atom. The SMILES string of the molecule is CC(N)c1ccccc1SCCN(C)C. The van der Waals surface area contributed by atoms with Crippen LogP contribution < -0.4 is 5.73 Å². The molecule has 3 heteroatoms. The van der Waals surface area contributed by atoms with E-state index in [-0.39, 0.29) is 6.04 Å². The smallest absolute Gasteiger partial charge is 0.0277 e. The molecule has 15 heavy (non-hydrogen) atoms. The van der Waals surface area contributed by atoms with Gasteiger partial charge in [0, 0.05) is 23.2 Å². The summed E-state index contributed by atoms with van der Waals surface area (Å²) in [6.07, 6.45) is 0. The minimum absolute atomic E-state index is 0.119. The zero-order chi connectivity index (χ0) is 11.3. The summed E-state index contributed by atoms with van der Waals surface area (Å²) in [6, 6.07) is 8.51. The van der Waals surface area contributed by atoms with Gasteiger partial charge in [-0.15, -0.1) is 11.8 Å². The van der Waals surface area contributed by atoms with Crippen molar-refractivity contribution in [3.63, 3.8) is 0 Å². The third kappa shape index (κ3) is 4.24. The van der Waals surface area contributed by atoms with Crippen LogP contribution >= 0.6 is 11.8 Å². The molecule has 1 atom stereocenters. The van der Waals surface area contributed by atoms with Gasteiger partial charge in [0.2, 0.25) is 0 Å². The molecule has 0 heterocycles. The monoisotopic (exact) mass is 224 g/mol. The molecule has 0 fully saturated rings. The number of nitrogens with zero attached hydrogens (tertiary/aromatic N) is 1. The molecule has 1 aromatic rings. The first kappa shape index (κ1) is 12.6. The lowest BCUT2D eigenvalue weighted by Gasteiger charge is -2.13. The van der Waals surface area contributed by atoms with E-state index in [9.17, 15) is 0 Å². The van der Waals surface area contributed by atoms with Crippen molar-refractivity contribution in [1.82, 2.24) is 4.90 Å². The Hall–Kier alpha value is -0.510. The van der Waals surface area contributed by atoms with E-state index in [2.05, 4.69) is 43.3 Å². The Balaban J connectivity index is 2.59. The minimum atomic E-state index is 0.119. The van der Waals surface area contributed by atoms with Gasteiger partial charge < -0.3 is 10.6 Å². The van der Waals surface area contributed by atoms with Crippen LogP contribution in [0, 0.1) is 0 Å². The molecule has 0 aliphatic rings. The van der Waals surface area contributed by atoms with E-state index in [1.807, 2.05) is 18.7 Å². The summed E-state index contributed by atoms with van der Waals surface area (Å²) < 4.78 is 0. The highest BCUT2D eigenvalue weighted by Crippen LogP contribution is 2.25. The molecular formula is C12H20N2S. The summed E-state index contributed by atoms with van der Waals surface area (Å²) in [5.41, 5.74) is 7.17. The minimum Gasteiger partial charge on any atom is -0.324 e. The van der Waals surface area contributed by atoms with Crippen molar-refractivity contribution < 1.29 is 0 Å². The molecule has 0 saturated carbocycles. The standard InChI is InChI=1S/C12H20N2S/c1-10(13)11-6-4-5-7-12(11)15-9-8-14(2)3/h4-7,10H,8-9,13H2,1-3H3. The fourth-order valence-electron chi connectivity index (χ4n) is 1.33. The summed E-state index contributed by atoms with van der Waals surface area (Å²) in [5, 5.41) is 0. The number of rotatable bonds is 5. The molecule has 0 spiro atoms. The maximum absolute atomic E-state index is 5.92. The highest BCUT2D eigenvalue weighted by molar-refractivity contribution is 7.99. The lowest BCUT2D eigenvalue weighted by molar-refractivity contribution is 0.437. The van der Waals surface area contributed by atoms with Crippen LogP contribution in [0.15, 0.2) is 29.2 Å². The van der Waals surface area contributed by atoms with Gasteiger partial charge in [-0.25, -0.2) is 0 Å². The van der Waals surface area contributed by atoms with Gasteiger partial charge in [0.1, 0.15) is 0 Å². The number of hydrogen-bond acceptors (Lipinski definition) is 3. The van der Waals surface area contributed by atoms with Crippen molar-refractivity contribution in [1.29, 1.82) is 0 Å². The molecule has 0 aliphatic carbocycles. The largest absolute Gasteiger partial charge is 0.324 e. The van der Waals surface area contributed by atoms with Gasteiger partial charge >= 0.3 is 0 Å². The fraction of sp³-hybridized carbons (Fsp3) is 0.500. The zero-order valence-corrected chi connectivity index (χ0v) is 10.6. The summed E-state index contributed by atoms with van der Waals surface area (Å²) in [4.78, 5) is 3.51. The van der Waals surface area contributed by atoms with Crippen LogP contribution in [0.4, 0.5) is 0 Å². The fourth-order valence-corrected chi connectivity index (χ4v) is 2.60. The number of nitrogens with two attached hydrogens (primary N) is 1. The highest BCUT2D eigenvalue weighted by Gasteiger charge is 2.05. The summed E-state index contributed by atoms with van der Waals surface area (Å²) >= 11 is 1.88. The van der Waals surface area contributed by atoms with Gasteiger partial charge in [-0.3, -0.25) is 0 Å². The van der Waals surface area contributed by atoms with E-state index in [1.54, 1.807) is 0 Å². The van der Waals surface area contributed by atoms with Crippen LogP contribution in [0.2, 0.25) is 0 Å². The van der Waals surface area contributed by atoms with Gasteiger partial charge in [0.05, 0.1) is 0 Å². The first-order valence-corrected chi connectivity index (χ1v) is 6.22. The second kappa shape index (κ2) is 6.16. The molecule has 0 aromatic heterocycles. The van der Waals surface area contributed by atoms with Crippen LogP contribution in [0.5, 0.6) is 0 Å². The molecule has 0 amide bonds. The molecule has 2 nitrogen and oxygen atoms in total. The van der Waals surface area contributed by atoms with Gasteiger partial charge in [0.15, 0.2) is 0 Å². The first-order chi connectivity index (χ1) is 7.11. The lowest BCUT2D eigenvalue weighted by atomic mass is 10.1. The zero-order valence-electron chi connectivity index (χ0n) is 9.73. The van der Waals surface area contributed by atoms with Crippen LogP contribution in [0.1, 0.15) is 18.5 Å². The average molecular weight is 224 g/mol. The second-order valence-electron chi connectivity index (χ2n) is 3.98. The van der Waals surface area contributed by atoms with Gasteiger partial charge in [-0.1, -0.05) is 18.2 Å². The van der Waals surface area contributed by atoms with Crippen LogP contribution in [-0.4, -0.2) is 31.3 Å². The van der Waals surface area contributed by atoms with E-state index in [4.69, 9.17) is 5.73 Å². The first-order valence-electron chi connectivity index (χ1n) is 5.23. The van der Waals surface area contributed by atoms with Gasteiger partial charge in [-0.05, 0) is 32.6 Å². The Morgan fingerprint density at radius 3 is 2.60 bits per heavy atom. The van der Waals surface area contributed by atoms with Crippen molar-refractivity contribution in [2.45, 2.75) is 17.9 Å². The Kier molecular flexibility index (Phi) is 5.15. The van der Waals surface area contributed by atoms with Crippen molar-refractivity contribution in [2.24, 2.45) is 5.73 Å². The van der Waals surface area contributed by atoms with E-state index in [0.717, 1.165) is 12.3 Å². The summed E-state index contributed by atoms with van der Waals surface area (Å²) in [6.45, 7) is 3.13. The maximum Gasteiger partial charge on any atom is 0.0277 e. The van der Waals surface area contributed by atoms with Crippen molar-refractivity contribution in [3.8, 4) is 0 Å². The normalized spacial score (nSPS) is 13.1. The molecule has 0 saturated heterocycles. The molecule has 1 aromatic carbocycles. The third-order valence-corrected chi connectivity index (χ3v) is 3.28. The van der Waals surface area contributed by atoms with E-state index in [1.165, 1.54) is 10.5 Å². The second-order valence-corrected chi connectivity index (χ2v) is 5.11. The number of hydrogen-bond donors (Lipinski definition) is 1. The Morgan fingerprint density at radius 2 is 2.00 bits per heavy atom. The van der Waals surface area contributed by atoms with E-state index < -0.39 is 0 Å². The van der Waals surface area contributed by atoms with Crippen LogP contribution in [0.25, 0.3) is 0 Å². The molecule has 0 radical (unpaired) electrons. The van der Waals surface area contributed by atoms with Crippen molar-refractivity contribution in [3.05, 3.63) is 29.8 Å². The Labute approximate surface area is 96.8 Å². The third-order valence-electron chi connectivity index (χ3n) is 2.21.